The maximum absolute atomic E-state index is 12.4. The highest BCUT2D eigenvalue weighted by Gasteiger charge is 2.24. The standard InChI is InChI=1S/C19H28N2O4/c1-5-24-18(23)21-12-10-15(11-13-21)20-17(22)14-6-8-16(9-7-14)25-19(2,3)4/h6-9,15H,5,10-13H2,1-4H3,(H,20,22). The van der Waals surface area contributed by atoms with Crippen LogP contribution in [0.25, 0.3) is 0 Å². The van der Waals surface area contributed by atoms with Crippen LogP contribution in [-0.2, 0) is 4.74 Å². The zero-order valence-electron chi connectivity index (χ0n) is 15.5. The Labute approximate surface area is 149 Å². The maximum atomic E-state index is 12.4. The van der Waals surface area contributed by atoms with Crippen LogP contribution in [0.5, 0.6) is 5.75 Å². The maximum Gasteiger partial charge on any atom is 0.409 e. The van der Waals surface area contributed by atoms with Crippen molar-refractivity contribution in [2.24, 2.45) is 0 Å². The smallest absolute Gasteiger partial charge is 0.409 e. The van der Waals surface area contributed by atoms with Crippen LogP contribution in [-0.4, -0.2) is 48.2 Å². The van der Waals surface area contributed by atoms with E-state index in [0.29, 0.717) is 25.3 Å². The summed E-state index contributed by atoms with van der Waals surface area (Å²) >= 11 is 0. The minimum atomic E-state index is -0.276. The van der Waals surface area contributed by atoms with Gasteiger partial charge in [-0.15, -0.1) is 0 Å². The number of rotatable bonds is 4. The highest BCUT2D eigenvalue weighted by atomic mass is 16.6. The van der Waals surface area contributed by atoms with Gasteiger partial charge in [0.1, 0.15) is 11.4 Å². The van der Waals surface area contributed by atoms with E-state index in [4.69, 9.17) is 9.47 Å². The Morgan fingerprint density at radius 2 is 1.76 bits per heavy atom. The summed E-state index contributed by atoms with van der Waals surface area (Å²) in [6, 6.07) is 7.23. The molecule has 1 aliphatic rings. The molecule has 6 nitrogen and oxygen atoms in total. The average molecular weight is 348 g/mol. The van der Waals surface area contributed by atoms with Gasteiger partial charge >= 0.3 is 6.09 Å². The predicted molar refractivity (Wildman–Crippen MR) is 95.9 cm³/mol. The van der Waals surface area contributed by atoms with Crippen molar-refractivity contribution in [3.8, 4) is 5.75 Å². The zero-order chi connectivity index (χ0) is 18.4. The van der Waals surface area contributed by atoms with Gasteiger partial charge in [-0.2, -0.15) is 0 Å². The number of carbonyl (C=O) groups excluding carboxylic acids is 2. The van der Waals surface area contributed by atoms with E-state index >= 15 is 0 Å². The summed E-state index contributed by atoms with van der Waals surface area (Å²) in [6.45, 7) is 9.32. The van der Waals surface area contributed by atoms with E-state index in [1.807, 2.05) is 32.9 Å². The summed E-state index contributed by atoms with van der Waals surface area (Å²) in [5.74, 6) is 0.642. The lowest BCUT2D eigenvalue weighted by Gasteiger charge is -2.31. The third-order valence-electron chi connectivity index (χ3n) is 3.90. The number of hydrogen-bond donors (Lipinski definition) is 1. The fourth-order valence-electron chi connectivity index (χ4n) is 2.72. The van der Waals surface area contributed by atoms with Crippen molar-refractivity contribution in [1.82, 2.24) is 10.2 Å². The van der Waals surface area contributed by atoms with E-state index in [1.54, 1.807) is 24.0 Å². The van der Waals surface area contributed by atoms with Crippen molar-refractivity contribution in [2.45, 2.75) is 52.2 Å². The van der Waals surface area contributed by atoms with E-state index in [1.165, 1.54) is 0 Å². The summed E-state index contributed by atoms with van der Waals surface area (Å²) in [5.41, 5.74) is 0.338. The Balaban J connectivity index is 1.83. The number of amides is 2. The molecule has 1 N–H and O–H groups in total. The second kappa shape index (κ2) is 8.23. The van der Waals surface area contributed by atoms with E-state index in [9.17, 15) is 9.59 Å². The molecule has 0 bridgehead atoms. The van der Waals surface area contributed by atoms with Gasteiger partial charge in [0.25, 0.3) is 5.91 Å². The summed E-state index contributed by atoms with van der Waals surface area (Å²) in [6.07, 6.45) is 1.19. The normalized spacial score (nSPS) is 15.6. The van der Waals surface area contributed by atoms with Gasteiger partial charge in [-0.05, 0) is 64.8 Å². The van der Waals surface area contributed by atoms with Gasteiger partial charge in [-0.25, -0.2) is 4.79 Å². The molecular formula is C19H28N2O4. The first-order valence-electron chi connectivity index (χ1n) is 8.80. The molecule has 6 heteroatoms. The van der Waals surface area contributed by atoms with Crippen molar-refractivity contribution in [3.05, 3.63) is 29.8 Å². The molecule has 0 aliphatic carbocycles. The second-order valence-electron chi connectivity index (χ2n) is 7.17. The molecular weight excluding hydrogens is 320 g/mol. The summed E-state index contributed by atoms with van der Waals surface area (Å²) in [7, 11) is 0. The van der Waals surface area contributed by atoms with Crippen molar-refractivity contribution in [2.75, 3.05) is 19.7 Å². The van der Waals surface area contributed by atoms with Crippen molar-refractivity contribution < 1.29 is 19.1 Å². The summed E-state index contributed by atoms with van der Waals surface area (Å²) in [4.78, 5) is 25.7. The lowest BCUT2D eigenvalue weighted by atomic mass is 10.0. The van der Waals surface area contributed by atoms with Crippen molar-refractivity contribution >= 4 is 12.0 Å². The lowest BCUT2D eigenvalue weighted by Crippen LogP contribution is -2.46. The van der Waals surface area contributed by atoms with Crippen LogP contribution in [0, 0.1) is 0 Å². The topological polar surface area (TPSA) is 67.9 Å². The molecule has 0 aromatic heterocycles. The van der Waals surface area contributed by atoms with Crippen LogP contribution in [0.3, 0.4) is 0 Å². The fraction of sp³-hybridized carbons (Fsp3) is 0.579. The monoisotopic (exact) mass is 348 g/mol. The Morgan fingerprint density at radius 1 is 1.16 bits per heavy atom. The van der Waals surface area contributed by atoms with Crippen LogP contribution >= 0.6 is 0 Å². The molecule has 1 saturated heterocycles. The SMILES string of the molecule is CCOC(=O)N1CCC(NC(=O)c2ccc(OC(C)(C)C)cc2)CC1. The third-order valence-corrected chi connectivity index (χ3v) is 3.90. The van der Waals surface area contributed by atoms with Gasteiger partial charge in [0.05, 0.1) is 6.61 Å². The minimum absolute atomic E-state index is 0.0729. The number of hydrogen-bond acceptors (Lipinski definition) is 4. The summed E-state index contributed by atoms with van der Waals surface area (Å²) < 4.78 is 10.8. The molecule has 1 heterocycles. The van der Waals surface area contributed by atoms with E-state index in [2.05, 4.69) is 5.32 Å². The van der Waals surface area contributed by atoms with Crippen molar-refractivity contribution in [3.63, 3.8) is 0 Å². The highest BCUT2D eigenvalue weighted by Crippen LogP contribution is 2.19. The van der Waals surface area contributed by atoms with E-state index in [-0.39, 0.29) is 23.6 Å². The average Bonchev–Trinajstić information content (AvgIpc) is 2.55. The summed E-state index contributed by atoms with van der Waals surface area (Å²) in [5, 5.41) is 3.04. The number of carbonyl (C=O) groups is 2. The first-order chi connectivity index (χ1) is 11.8. The molecule has 1 aliphatic heterocycles. The highest BCUT2D eigenvalue weighted by molar-refractivity contribution is 5.94. The molecule has 0 radical (unpaired) electrons. The molecule has 1 aromatic rings. The van der Waals surface area contributed by atoms with Gasteiger partial charge in [-0.1, -0.05) is 0 Å². The molecule has 138 valence electrons. The van der Waals surface area contributed by atoms with Gasteiger partial charge in [0.2, 0.25) is 0 Å². The number of likely N-dealkylation sites (tertiary alicyclic amines) is 1. The first-order valence-corrected chi connectivity index (χ1v) is 8.80. The number of nitrogens with one attached hydrogen (secondary N) is 1. The number of ether oxygens (including phenoxy) is 2. The van der Waals surface area contributed by atoms with Gasteiger partial charge < -0.3 is 19.7 Å². The van der Waals surface area contributed by atoms with Crippen molar-refractivity contribution in [1.29, 1.82) is 0 Å². The van der Waals surface area contributed by atoms with Crippen LogP contribution in [0.15, 0.2) is 24.3 Å². The number of piperidine rings is 1. The molecule has 1 fully saturated rings. The molecule has 0 atom stereocenters. The van der Waals surface area contributed by atoms with Gasteiger partial charge in [0.15, 0.2) is 0 Å². The van der Waals surface area contributed by atoms with Crippen LogP contribution in [0.1, 0.15) is 50.9 Å². The Hall–Kier alpha value is -2.24. The largest absolute Gasteiger partial charge is 0.488 e. The van der Waals surface area contributed by atoms with Crippen LogP contribution in [0.4, 0.5) is 4.79 Å². The van der Waals surface area contributed by atoms with Gasteiger partial charge in [-0.3, -0.25) is 4.79 Å². The minimum Gasteiger partial charge on any atom is -0.488 e. The Morgan fingerprint density at radius 3 is 2.28 bits per heavy atom. The predicted octanol–water partition coefficient (Wildman–Crippen LogP) is 3.21. The molecule has 0 unspecified atom stereocenters. The lowest BCUT2D eigenvalue weighted by molar-refractivity contribution is 0.0860. The molecule has 0 spiro atoms. The van der Waals surface area contributed by atoms with Gasteiger partial charge in [0, 0.05) is 24.7 Å². The number of benzene rings is 1. The Bertz CT molecular complexity index is 584. The van der Waals surface area contributed by atoms with Crippen LogP contribution in [0.2, 0.25) is 0 Å². The van der Waals surface area contributed by atoms with Crippen LogP contribution < -0.4 is 10.1 Å². The molecule has 2 rings (SSSR count). The molecule has 25 heavy (non-hydrogen) atoms. The van der Waals surface area contributed by atoms with E-state index in [0.717, 1.165) is 18.6 Å². The first kappa shape index (κ1) is 19.1. The van der Waals surface area contributed by atoms with E-state index < -0.39 is 0 Å². The molecule has 1 aromatic carbocycles. The quantitative estimate of drug-likeness (QED) is 0.907. The molecule has 2 amide bonds. The zero-order valence-corrected chi connectivity index (χ0v) is 15.5. The fourth-order valence-corrected chi connectivity index (χ4v) is 2.72. The molecule has 0 saturated carbocycles. The second-order valence-corrected chi connectivity index (χ2v) is 7.17. The third kappa shape index (κ3) is 5.96. The Kier molecular flexibility index (Phi) is 6.28. The number of nitrogens with zero attached hydrogens (tertiary/aromatic N) is 1.